The van der Waals surface area contributed by atoms with Crippen LogP contribution in [-0.2, 0) is 4.79 Å². The van der Waals surface area contributed by atoms with Gasteiger partial charge in [0.25, 0.3) is 0 Å². The summed E-state index contributed by atoms with van der Waals surface area (Å²) >= 11 is 0. The number of para-hydroxylation sites is 1. The molecule has 0 spiro atoms. The lowest BCUT2D eigenvalue weighted by atomic mass is 10.1. The molecule has 0 saturated carbocycles. The van der Waals surface area contributed by atoms with Crippen LogP contribution in [-0.4, -0.2) is 24.3 Å². The second-order valence-corrected chi connectivity index (χ2v) is 3.72. The summed E-state index contributed by atoms with van der Waals surface area (Å²) in [5, 5.41) is 8.62. The van der Waals surface area contributed by atoms with Crippen molar-refractivity contribution < 1.29 is 19.4 Å². The Morgan fingerprint density at radius 3 is 2.65 bits per heavy atom. The van der Waals surface area contributed by atoms with Crippen molar-refractivity contribution >= 4 is 12.0 Å². The molecular formula is C13H16O4. The van der Waals surface area contributed by atoms with Crippen LogP contribution in [0.2, 0.25) is 0 Å². The normalized spacial score (nSPS) is 10.8. The molecule has 0 atom stereocenters. The van der Waals surface area contributed by atoms with Crippen molar-refractivity contribution in [3.63, 3.8) is 0 Å². The third-order valence-electron chi connectivity index (χ3n) is 1.99. The highest BCUT2D eigenvalue weighted by Gasteiger charge is 2.10. The summed E-state index contributed by atoms with van der Waals surface area (Å²) < 4.78 is 10.8. The van der Waals surface area contributed by atoms with E-state index in [-0.39, 0.29) is 6.10 Å². The summed E-state index contributed by atoms with van der Waals surface area (Å²) in [7, 11) is 1.55. The number of benzene rings is 1. The van der Waals surface area contributed by atoms with Crippen LogP contribution in [0.25, 0.3) is 6.08 Å². The van der Waals surface area contributed by atoms with Crippen LogP contribution in [0.5, 0.6) is 11.5 Å². The molecule has 0 unspecified atom stereocenters. The summed E-state index contributed by atoms with van der Waals surface area (Å²) in [6.07, 6.45) is 2.55. The van der Waals surface area contributed by atoms with Gasteiger partial charge in [-0.1, -0.05) is 12.1 Å². The summed E-state index contributed by atoms with van der Waals surface area (Å²) in [6, 6.07) is 5.34. The molecule has 1 aromatic rings. The minimum atomic E-state index is -0.997. The Morgan fingerprint density at radius 2 is 2.12 bits per heavy atom. The Labute approximate surface area is 100 Å². The number of aliphatic carboxylic acids is 1. The fraction of sp³-hybridized carbons (Fsp3) is 0.308. The molecule has 0 aliphatic heterocycles. The van der Waals surface area contributed by atoms with Gasteiger partial charge in [-0.15, -0.1) is 0 Å². The maximum absolute atomic E-state index is 10.5. The van der Waals surface area contributed by atoms with Crippen LogP contribution >= 0.6 is 0 Å². The number of carboxylic acids is 1. The van der Waals surface area contributed by atoms with Gasteiger partial charge in [0.1, 0.15) is 0 Å². The van der Waals surface area contributed by atoms with Gasteiger partial charge in [-0.25, -0.2) is 4.79 Å². The van der Waals surface area contributed by atoms with Crippen LogP contribution in [0.3, 0.4) is 0 Å². The fourth-order valence-corrected chi connectivity index (χ4v) is 1.35. The smallest absolute Gasteiger partial charge is 0.328 e. The molecule has 0 aromatic heterocycles. The van der Waals surface area contributed by atoms with E-state index in [1.165, 1.54) is 6.08 Å². The Kier molecular flexibility index (Phi) is 4.57. The lowest BCUT2D eigenvalue weighted by Gasteiger charge is -2.15. The Balaban J connectivity index is 3.14. The van der Waals surface area contributed by atoms with Crippen molar-refractivity contribution in [2.75, 3.05) is 7.11 Å². The number of ether oxygens (including phenoxy) is 2. The van der Waals surface area contributed by atoms with E-state index in [0.29, 0.717) is 17.1 Å². The van der Waals surface area contributed by atoms with Gasteiger partial charge >= 0.3 is 5.97 Å². The molecule has 0 amide bonds. The molecule has 17 heavy (non-hydrogen) atoms. The van der Waals surface area contributed by atoms with E-state index < -0.39 is 5.97 Å². The van der Waals surface area contributed by atoms with Crippen molar-refractivity contribution in [3.05, 3.63) is 29.8 Å². The summed E-state index contributed by atoms with van der Waals surface area (Å²) in [4.78, 5) is 10.5. The van der Waals surface area contributed by atoms with E-state index in [1.807, 2.05) is 13.8 Å². The summed E-state index contributed by atoms with van der Waals surface area (Å²) in [5.74, 6) is 0.150. The molecule has 0 heterocycles. The Morgan fingerprint density at radius 1 is 1.41 bits per heavy atom. The largest absolute Gasteiger partial charge is 0.493 e. The van der Waals surface area contributed by atoms with E-state index in [4.69, 9.17) is 14.6 Å². The maximum Gasteiger partial charge on any atom is 0.328 e. The molecule has 0 aliphatic rings. The van der Waals surface area contributed by atoms with Gasteiger partial charge in [0, 0.05) is 11.6 Å². The lowest BCUT2D eigenvalue weighted by molar-refractivity contribution is -0.131. The zero-order chi connectivity index (χ0) is 12.8. The molecule has 0 saturated heterocycles. The zero-order valence-corrected chi connectivity index (χ0v) is 10.1. The van der Waals surface area contributed by atoms with Crippen LogP contribution < -0.4 is 9.47 Å². The first-order chi connectivity index (χ1) is 8.04. The van der Waals surface area contributed by atoms with E-state index in [1.54, 1.807) is 25.3 Å². The highest BCUT2D eigenvalue weighted by atomic mass is 16.5. The predicted molar refractivity (Wildman–Crippen MR) is 65.4 cm³/mol. The average Bonchev–Trinajstić information content (AvgIpc) is 2.26. The second kappa shape index (κ2) is 5.94. The molecule has 0 bridgehead atoms. The van der Waals surface area contributed by atoms with Gasteiger partial charge in [-0.3, -0.25) is 0 Å². The van der Waals surface area contributed by atoms with Gasteiger partial charge in [0.15, 0.2) is 11.5 Å². The number of methoxy groups -OCH3 is 1. The molecule has 1 aromatic carbocycles. The van der Waals surface area contributed by atoms with Crippen molar-refractivity contribution in [1.29, 1.82) is 0 Å². The predicted octanol–water partition coefficient (Wildman–Crippen LogP) is 2.58. The molecule has 1 rings (SSSR count). The quantitative estimate of drug-likeness (QED) is 0.798. The van der Waals surface area contributed by atoms with Crippen molar-refractivity contribution in [2.24, 2.45) is 0 Å². The van der Waals surface area contributed by atoms with Gasteiger partial charge < -0.3 is 14.6 Å². The molecule has 4 nitrogen and oxygen atoms in total. The van der Waals surface area contributed by atoms with Crippen LogP contribution in [0.1, 0.15) is 19.4 Å². The SMILES string of the molecule is COc1cccc(C=CC(=O)O)c1OC(C)C. The zero-order valence-electron chi connectivity index (χ0n) is 10.1. The number of hydrogen-bond donors (Lipinski definition) is 1. The molecule has 0 fully saturated rings. The molecule has 1 N–H and O–H groups in total. The van der Waals surface area contributed by atoms with E-state index in [9.17, 15) is 4.79 Å². The highest BCUT2D eigenvalue weighted by molar-refractivity contribution is 5.86. The van der Waals surface area contributed by atoms with Crippen molar-refractivity contribution in [3.8, 4) is 11.5 Å². The van der Waals surface area contributed by atoms with Gasteiger partial charge in [0.05, 0.1) is 13.2 Å². The summed E-state index contributed by atoms with van der Waals surface area (Å²) in [6.45, 7) is 3.80. The Bertz CT molecular complexity index is 421. The molecule has 0 aliphatic carbocycles. The van der Waals surface area contributed by atoms with Crippen molar-refractivity contribution in [2.45, 2.75) is 20.0 Å². The molecule has 4 heteroatoms. The first-order valence-electron chi connectivity index (χ1n) is 5.29. The van der Waals surface area contributed by atoms with E-state index in [0.717, 1.165) is 6.08 Å². The number of carboxylic acid groups (broad SMARTS) is 1. The van der Waals surface area contributed by atoms with Gasteiger partial charge in [-0.05, 0) is 26.0 Å². The van der Waals surface area contributed by atoms with Crippen LogP contribution in [0.4, 0.5) is 0 Å². The number of hydrogen-bond acceptors (Lipinski definition) is 3. The summed E-state index contributed by atoms with van der Waals surface area (Å²) in [5.41, 5.74) is 0.681. The highest BCUT2D eigenvalue weighted by Crippen LogP contribution is 2.32. The first kappa shape index (κ1) is 13.1. The van der Waals surface area contributed by atoms with Gasteiger partial charge in [0.2, 0.25) is 0 Å². The van der Waals surface area contributed by atoms with Crippen LogP contribution in [0, 0.1) is 0 Å². The third-order valence-corrected chi connectivity index (χ3v) is 1.99. The maximum atomic E-state index is 10.5. The second-order valence-electron chi connectivity index (χ2n) is 3.72. The minimum Gasteiger partial charge on any atom is -0.493 e. The fourth-order valence-electron chi connectivity index (χ4n) is 1.35. The standard InChI is InChI=1S/C13H16O4/c1-9(2)17-13-10(7-8-12(14)15)5-4-6-11(13)16-3/h4-9H,1-3H3,(H,14,15). The average molecular weight is 236 g/mol. The molecular weight excluding hydrogens is 220 g/mol. The van der Waals surface area contributed by atoms with Crippen LogP contribution in [0.15, 0.2) is 24.3 Å². The first-order valence-corrected chi connectivity index (χ1v) is 5.29. The number of carbonyl (C=O) groups is 1. The topological polar surface area (TPSA) is 55.8 Å². The molecule has 92 valence electrons. The number of rotatable bonds is 5. The third kappa shape index (κ3) is 3.83. The monoisotopic (exact) mass is 236 g/mol. The molecule has 0 radical (unpaired) electrons. The van der Waals surface area contributed by atoms with Crippen molar-refractivity contribution in [1.82, 2.24) is 0 Å². The Hall–Kier alpha value is -1.97. The lowest BCUT2D eigenvalue weighted by Crippen LogP contribution is -2.08. The minimum absolute atomic E-state index is 0.0109. The van der Waals surface area contributed by atoms with Gasteiger partial charge in [-0.2, -0.15) is 0 Å². The van der Waals surface area contributed by atoms with E-state index >= 15 is 0 Å². The van der Waals surface area contributed by atoms with E-state index in [2.05, 4.69) is 0 Å².